The first-order valence-electron chi connectivity index (χ1n) is 11.3. The minimum Gasteiger partial charge on any atom is -0.457 e. The fraction of sp³-hybridized carbons (Fsp3) is 0.259. The number of amides is 1. The van der Waals surface area contributed by atoms with Crippen molar-refractivity contribution in [2.75, 3.05) is 13.2 Å². The minimum atomic E-state index is -0.579. The predicted molar refractivity (Wildman–Crippen MR) is 129 cm³/mol. The number of carbonyl (C=O) groups is 3. The van der Waals surface area contributed by atoms with Crippen LogP contribution in [0.1, 0.15) is 46.6 Å². The number of carbonyl (C=O) groups excluding carboxylic acids is 3. The largest absolute Gasteiger partial charge is 0.457 e. The highest BCUT2D eigenvalue weighted by atomic mass is 16.5. The number of para-hydroxylation sites is 1. The number of rotatable bonds is 8. The summed E-state index contributed by atoms with van der Waals surface area (Å²) in [6.45, 7) is 3.94. The first-order chi connectivity index (χ1) is 16.4. The number of ketones is 1. The van der Waals surface area contributed by atoms with Gasteiger partial charge >= 0.3 is 5.97 Å². The van der Waals surface area contributed by atoms with E-state index in [4.69, 9.17) is 4.74 Å². The molecule has 0 aliphatic carbocycles. The summed E-state index contributed by atoms with van der Waals surface area (Å²) in [5.41, 5.74) is 5.04. The van der Waals surface area contributed by atoms with E-state index in [9.17, 15) is 14.4 Å². The molecule has 4 rings (SSSR count). The van der Waals surface area contributed by atoms with Crippen molar-refractivity contribution in [3.8, 4) is 5.69 Å². The second-order valence-electron chi connectivity index (χ2n) is 8.22. The van der Waals surface area contributed by atoms with Crippen molar-refractivity contribution in [3.05, 3.63) is 89.2 Å². The van der Waals surface area contributed by atoms with Crippen LogP contribution in [0.4, 0.5) is 0 Å². The quantitative estimate of drug-likeness (QED) is 0.374. The van der Waals surface area contributed by atoms with Gasteiger partial charge in [0, 0.05) is 35.5 Å². The van der Waals surface area contributed by atoms with Gasteiger partial charge < -0.3 is 9.30 Å². The molecule has 0 spiro atoms. The Morgan fingerprint density at radius 2 is 1.62 bits per heavy atom. The van der Waals surface area contributed by atoms with Crippen molar-refractivity contribution in [1.29, 1.82) is 0 Å². The highest BCUT2D eigenvalue weighted by Gasteiger charge is 2.23. The van der Waals surface area contributed by atoms with Crippen molar-refractivity contribution in [1.82, 2.24) is 9.58 Å². The molecule has 34 heavy (non-hydrogen) atoms. The number of esters is 1. The van der Waals surface area contributed by atoms with Crippen molar-refractivity contribution in [2.24, 2.45) is 5.10 Å². The van der Waals surface area contributed by atoms with Crippen molar-refractivity contribution in [3.63, 3.8) is 0 Å². The molecule has 0 fully saturated rings. The summed E-state index contributed by atoms with van der Waals surface area (Å²) in [6, 6.07) is 21.3. The van der Waals surface area contributed by atoms with Gasteiger partial charge in [0.15, 0.2) is 6.61 Å². The van der Waals surface area contributed by atoms with E-state index in [-0.39, 0.29) is 31.1 Å². The Morgan fingerprint density at radius 3 is 2.32 bits per heavy atom. The number of aryl methyl sites for hydroxylation is 1. The standard InChI is InChI=1S/C27H27N3O4/c1-19-17-23(20(2)30(19)22-11-7-4-8-12-22)25(31)18-34-27(33)14-13-26(32)29-16-15-24(28-29)21-9-5-3-6-10-21/h3-12,17H,13-16,18H2,1-2H3. The van der Waals surface area contributed by atoms with Gasteiger partial charge in [-0.3, -0.25) is 14.4 Å². The Hall–Kier alpha value is -4.00. The van der Waals surface area contributed by atoms with Crippen LogP contribution < -0.4 is 0 Å². The Morgan fingerprint density at radius 1 is 0.941 bits per heavy atom. The smallest absolute Gasteiger partial charge is 0.306 e. The molecule has 0 unspecified atom stereocenters. The zero-order valence-corrected chi connectivity index (χ0v) is 19.4. The summed E-state index contributed by atoms with van der Waals surface area (Å²) < 4.78 is 7.16. The lowest BCUT2D eigenvalue weighted by molar-refractivity contribution is -0.145. The molecule has 2 heterocycles. The van der Waals surface area contributed by atoms with Crippen LogP contribution in [0.2, 0.25) is 0 Å². The number of hydrogen-bond donors (Lipinski definition) is 0. The Labute approximate surface area is 198 Å². The summed E-state index contributed by atoms with van der Waals surface area (Å²) >= 11 is 0. The monoisotopic (exact) mass is 457 g/mol. The highest BCUT2D eigenvalue weighted by molar-refractivity contribution is 6.02. The van der Waals surface area contributed by atoms with Gasteiger partial charge in [-0.15, -0.1) is 0 Å². The molecule has 2 aromatic carbocycles. The molecule has 1 aliphatic heterocycles. The number of Topliss-reactive ketones (excluding diaryl/α,β-unsaturated/α-hetero) is 1. The molecule has 0 saturated heterocycles. The maximum Gasteiger partial charge on any atom is 0.306 e. The van der Waals surface area contributed by atoms with Gasteiger partial charge in [0.25, 0.3) is 0 Å². The maximum absolute atomic E-state index is 12.7. The van der Waals surface area contributed by atoms with E-state index in [0.717, 1.165) is 28.4 Å². The zero-order chi connectivity index (χ0) is 24.1. The van der Waals surface area contributed by atoms with Gasteiger partial charge in [-0.2, -0.15) is 5.10 Å². The van der Waals surface area contributed by atoms with Gasteiger partial charge in [0.2, 0.25) is 11.7 Å². The molecule has 0 N–H and O–H groups in total. The van der Waals surface area contributed by atoms with Crippen LogP contribution in [0.15, 0.2) is 71.8 Å². The molecule has 0 bridgehead atoms. The van der Waals surface area contributed by atoms with E-state index in [0.29, 0.717) is 18.5 Å². The summed E-state index contributed by atoms with van der Waals surface area (Å²) in [4.78, 5) is 37.3. The van der Waals surface area contributed by atoms with E-state index < -0.39 is 5.97 Å². The first kappa shape index (κ1) is 23.2. The third kappa shape index (κ3) is 5.14. The normalized spacial score (nSPS) is 13.0. The number of hydrazone groups is 1. The molecule has 0 saturated carbocycles. The van der Waals surface area contributed by atoms with E-state index in [1.165, 1.54) is 5.01 Å². The second kappa shape index (κ2) is 10.3. The van der Waals surface area contributed by atoms with Gasteiger partial charge in [0.1, 0.15) is 0 Å². The van der Waals surface area contributed by atoms with E-state index in [1.807, 2.05) is 79.1 Å². The fourth-order valence-corrected chi connectivity index (χ4v) is 4.12. The van der Waals surface area contributed by atoms with E-state index >= 15 is 0 Å². The van der Waals surface area contributed by atoms with Gasteiger partial charge in [-0.1, -0.05) is 48.5 Å². The summed E-state index contributed by atoms with van der Waals surface area (Å²) in [5, 5.41) is 5.79. The van der Waals surface area contributed by atoms with Gasteiger partial charge in [-0.25, -0.2) is 5.01 Å². The average Bonchev–Trinajstić information content (AvgIpc) is 3.47. The topological polar surface area (TPSA) is 81.0 Å². The number of benzene rings is 2. The Bertz CT molecular complexity index is 1230. The lowest BCUT2D eigenvalue weighted by Crippen LogP contribution is -2.24. The van der Waals surface area contributed by atoms with Crippen LogP contribution >= 0.6 is 0 Å². The Balaban J connectivity index is 1.28. The van der Waals surface area contributed by atoms with Crippen LogP contribution in [0.25, 0.3) is 5.69 Å². The molecule has 7 nitrogen and oxygen atoms in total. The molecular weight excluding hydrogens is 430 g/mol. The van der Waals surface area contributed by atoms with Crippen molar-refractivity contribution >= 4 is 23.4 Å². The number of ether oxygens (including phenoxy) is 1. The van der Waals surface area contributed by atoms with E-state index in [2.05, 4.69) is 5.10 Å². The highest BCUT2D eigenvalue weighted by Crippen LogP contribution is 2.21. The third-order valence-electron chi connectivity index (χ3n) is 5.85. The predicted octanol–water partition coefficient (Wildman–Crippen LogP) is 4.24. The minimum absolute atomic E-state index is 0.0128. The number of hydrogen-bond acceptors (Lipinski definition) is 5. The van der Waals surface area contributed by atoms with Gasteiger partial charge in [0.05, 0.1) is 18.7 Å². The molecule has 1 aliphatic rings. The van der Waals surface area contributed by atoms with Crippen molar-refractivity contribution < 1.29 is 19.1 Å². The molecular formula is C27H27N3O4. The Kier molecular flexibility index (Phi) is 7.01. The molecule has 0 radical (unpaired) electrons. The second-order valence-corrected chi connectivity index (χ2v) is 8.22. The molecule has 1 amide bonds. The molecule has 7 heteroatoms. The summed E-state index contributed by atoms with van der Waals surface area (Å²) in [6.07, 6.45) is 0.569. The average molecular weight is 458 g/mol. The first-order valence-corrected chi connectivity index (χ1v) is 11.3. The molecule has 174 valence electrons. The number of aromatic nitrogens is 1. The van der Waals surface area contributed by atoms with Crippen LogP contribution in [0.3, 0.4) is 0 Å². The number of nitrogens with zero attached hydrogens (tertiary/aromatic N) is 3. The van der Waals surface area contributed by atoms with Crippen LogP contribution in [0.5, 0.6) is 0 Å². The lowest BCUT2D eigenvalue weighted by Gasteiger charge is -2.11. The third-order valence-corrected chi connectivity index (χ3v) is 5.85. The van der Waals surface area contributed by atoms with Crippen LogP contribution in [-0.4, -0.2) is 46.1 Å². The lowest BCUT2D eigenvalue weighted by atomic mass is 10.1. The SMILES string of the molecule is Cc1cc(C(=O)COC(=O)CCC(=O)N2CCC(c3ccccc3)=N2)c(C)n1-c1ccccc1. The summed E-state index contributed by atoms with van der Waals surface area (Å²) in [7, 11) is 0. The van der Waals surface area contributed by atoms with E-state index in [1.54, 1.807) is 6.07 Å². The van der Waals surface area contributed by atoms with Crippen molar-refractivity contribution in [2.45, 2.75) is 33.1 Å². The summed E-state index contributed by atoms with van der Waals surface area (Å²) in [5.74, 6) is -1.09. The zero-order valence-electron chi connectivity index (χ0n) is 19.4. The molecule has 0 atom stereocenters. The molecule has 3 aromatic rings. The van der Waals surface area contributed by atoms with Gasteiger partial charge in [-0.05, 0) is 37.6 Å². The van der Waals surface area contributed by atoms with Crippen LogP contribution in [-0.2, 0) is 14.3 Å². The van der Waals surface area contributed by atoms with Crippen LogP contribution in [0, 0.1) is 13.8 Å². The maximum atomic E-state index is 12.7. The molecule has 1 aromatic heterocycles. The fourth-order valence-electron chi connectivity index (χ4n) is 4.12.